The molecule has 0 saturated heterocycles. The maximum absolute atomic E-state index is 11.9. The molecule has 30 heavy (non-hydrogen) atoms. The normalized spacial score (nSPS) is 11.7. The van der Waals surface area contributed by atoms with Crippen molar-refractivity contribution in [1.82, 2.24) is 20.1 Å². The highest BCUT2D eigenvalue weighted by Crippen LogP contribution is 2.23. The van der Waals surface area contributed by atoms with Crippen LogP contribution in [0.15, 0.2) is 58.2 Å². The Morgan fingerprint density at radius 2 is 1.87 bits per heavy atom. The minimum atomic E-state index is -3.30. The summed E-state index contributed by atoms with van der Waals surface area (Å²) in [5.41, 5.74) is 2.71. The van der Waals surface area contributed by atoms with E-state index in [1.54, 1.807) is 18.2 Å². The molecule has 2 aromatic carbocycles. The molecule has 2 heterocycles. The van der Waals surface area contributed by atoms with Gasteiger partial charge in [0.25, 0.3) is 5.89 Å². The number of hydrogen-bond acceptors (Lipinski definition) is 8. The van der Waals surface area contributed by atoms with Gasteiger partial charge >= 0.3 is 0 Å². The van der Waals surface area contributed by atoms with Crippen LogP contribution in [0.25, 0.3) is 22.4 Å². The van der Waals surface area contributed by atoms with Crippen molar-refractivity contribution in [2.45, 2.75) is 24.7 Å². The van der Waals surface area contributed by atoms with Crippen LogP contribution in [0.5, 0.6) is 0 Å². The zero-order chi connectivity index (χ0) is 21.1. The van der Waals surface area contributed by atoms with Gasteiger partial charge in [-0.3, -0.25) is 0 Å². The first-order valence-electron chi connectivity index (χ1n) is 9.54. The average Bonchev–Trinajstić information content (AvgIpc) is 3.23. The monoisotopic (exact) mass is 423 g/mol. The van der Waals surface area contributed by atoms with Crippen molar-refractivity contribution in [3.8, 4) is 11.5 Å². The van der Waals surface area contributed by atoms with E-state index in [4.69, 9.17) is 4.52 Å². The third kappa shape index (κ3) is 4.30. The predicted molar refractivity (Wildman–Crippen MR) is 114 cm³/mol. The first-order valence-corrected chi connectivity index (χ1v) is 11.4. The summed E-state index contributed by atoms with van der Waals surface area (Å²) in [6.45, 7) is 2.61. The van der Waals surface area contributed by atoms with Crippen LogP contribution in [0.4, 0.5) is 5.82 Å². The molecule has 0 aliphatic rings. The fourth-order valence-electron chi connectivity index (χ4n) is 3.06. The molecule has 0 atom stereocenters. The summed E-state index contributed by atoms with van der Waals surface area (Å²) in [6.07, 6.45) is 4.15. The SMILES string of the molecule is CCc1noc(-c2ccc(CCNc3ncnc4ccc(S(C)(=O)=O)cc34)cc2)n1. The molecule has 0 saturated carbocycles. The maximum Gasteiger partial charge on any atom is 0.257 e. The van der Waals surface area contributed by atoms with Gasteiger partial charge in [0.15, 0.2) is 15.7 Å². The predicted octanol–water partition coefficient (Wildman–Crippen LogP) is 3.30. The number of benzene rings is 2. The molecule has 0 spiro atoms. The number of rotatable bonds is 7. The quantitative estimate of drug-likeness (QED) is 0.482. The number of nitrogens with one attached hydrogen (secondary N) is 1. The molecule has 8 nitrogen and oxygen atoms in total. The van der Waals surface area contributed by atoms with Gasteiger partial charge in [-0.25, -0.2) is 18.4 Å². The van der Waals surface area contributed by atoms with E-state index in [0.29, 0.717) is 35.0 Å². The first kappa shape index (κ1) is 20.0. The van der Waals surface area contributed by atoms with Gasteiger partial charge in [0.2, 0.25) is 0 Å². The smallest absolute Gasteiger partial charge is 0.257 e. The Kier molecular flexibility index (Phi) is 5.45. The molecule has 4 rings (SSSR count). The highest BCUT2D eigenvalue weighted by atomic mass is 32.2. The molecule has 9 heteroatoms. The second kappa shape index (κ2) is 8.19. The van der Waals surface area contributed by atoms with E-state index in [9.17, 15) is 8.42 Å². The molecule has 0 unspecified atom stereocenters. The summed E-state index contributed by atoms with van der Waals surface area (Å²) in [5.74, 6) is 1.82. The van der Waals surface area contributed by atoms with E-state index < -0.39 is 9.84 Å². The van der Waals surface area contributed by atoms with Crippen molar-refractivity contribution in [1.29, 1.82) is 0 Å². The van der Waals surface area contributed by atoms with Crippen LogP contribution >= 0.6 is 0 Å². The van der Waals surface area contributed by atoms with Crippen LogP contribution in [0.3, 0.4) is 0 Å². The second-order valence-electron chi connectivity index (χ2n) is 6.92. The van der Waals surface area contributed by atoms with Gasteiger partial charge in [0.1, 0.15) is 12.1 Å². The van der Waals surface area contributed by atoms with Gasteiger partial charge in [-0.1, -0.05) is 24.2 Å². The van der Waals surface area contributed by atoms with Crippen molar-refractivity contribution in [2.75, 3.05) is 18.1 Å². The van der Waals surface area contributed by atoms with Gasteiger partial charge in [0, 0.05) is 30.2 Å². The molecule has 154 valence electrons. The minimum Gasteiger partial charge on any atom is -0.369 e. The molecule has 0 radical (unpaired) electrons. The van der Waals surface area contributed by atoms with Crippen LogP contribution in [-0.2, 0) is 22.7 Å². The topological polar surface area (TPSA) is 111 Å². The summed E-state index contributed by atoms with van der Waals surface area (Å²) in [4.78, 5) is 13.1. The van der Waals surface area contributed by atoms with Gasteiger partial charge in [0.05, 0.1) is 10.4 Å². The van der Waals surface area contributed by atoms with Gasteiger partial charge < -0.3 is 9.84 Å². The molecule has 0 bridgehead atoms. The Hall–Kier alpha value is -3.33. The standard InChI is InChI=1S/C21H21N5O3S/c1-3-19-25-21(29-26-19)15-6-4-14(5-7-15)10-11-22-20-17-12-16(30(2,27)28)8-9-18(17)23-13-24-20/h4-9,12-13H,3,10-11H2,1-2H3,(H,22,23,24). The zero-order valence-corrected chi connectivity index (χ0v) is 17.5. The number of anilines is 1. The lowest BCUT2D eigenvalue weighted by molar-refractivity contribution is 0.423. The van der Waals surface area contributed by atoms with E-state index in [1.165, 1.54) is 12.6 Å². The van der Waals surface area contributed by atoms with E-state index in [0.717, 1.165) is 24.0 Å². The third-order valence-electron chi connectivity index (χ3n) is 4.73. The van der Waals surface area contributed by atoms with E-state index >= 15 is 0 Å². The van der Waals surface area contributed by atoms with E-state index in [1.807, 2.05) is 31.2 Å². The molecular weight excluding hydrogens is 402 g/mol. The Labute approximate surface area is 174 Å². The zero-order valence-electron chi connectivity index (χ0n) is 16.7. The highest BCUT2D eigenvalue weighted by molar-refractivity contribution is 7.90. The fourth-order valence-corrected chi connectivity index (χ4v) is 3.71. The molecule has 0 fully saturated rings. The Bertz CT molecular complexity index is 1280. The van der Waals surface area contributed by atoms with Crippen LogP contribution in [0.2, 0.25) is 0 Å². The number of hydrogen-bond donors (Lipinski definition) is 1. The number of fused-ring (bicyclic) bond motifs is 1. The lowest BCUT2D eigenvalue weighted by atomic mass is 10.1. The molecule has 0 aliphatic carbocycles. The largest absolute Gasteiger partial charge is 0.369 e. The minimum absolute atomic E-state index is 0.246. The molecule has 0 aliphatic heterocycles. The maximum atomic E-state index is 11.9. The number of sulfone groups is 1. The van der Waals surface area contributed by atoms with Gasteiger partial charge in [-0.2, -0.15) is 4.98 Å². The van der Waals surface area contributed by atoms with Gasteiger partial charge in [-0.05, 0) is 42.3 Å². The highest BCUT2D eigenvalue weighted by Gasteiger charge is 2.11. The van der Waals surface area contributed by atoms with Crippen molar-refractivity contribution >= 4 is 26.6 Å². The summed E-state index contributed by atoms with van der Waals surface area (Å²) in [5, 5.41) is 7.88. The summed E-state index contributed by atoms with van der Waals surface area (Å²) >= 11 is 0. The van der Waals surface area contributed by atoms with Crippen molar-refractivity contribution in [2.24, 2.45) is 0 Å². The second-order valence-corrected chi connectivity index (χ2v) is 8.93. The molecular formula is C21H21N5O3S. The van der Waals surface area contributed by atoms with Crippen molar-refractivity contribution in [3.05, 3.63) is 60.2 Å². The average molecular weight is 423 g/mol. The molecule has 1 N–H and O–H groups in total. The Balaban J connectivity index is 1.45. The first-order chi connectivity index (χ1) is 14.4. The number of aryl methyl sites for hydroxylation is 1. The van der Waals surface area contributed by atoms with E-state index in [-0.39, 0.29) is 4.90 Å². The lowest BCUT2D eigenvalue weighted by Crippen LogP contribution is -2.07. The Morgan fingerprint density at radius 1 is 1.07 bits per heavy atom. The lowest BCUT2D eigenvalue weighted by Gasteiger charge is -2.09. The Morgan fingerprint density at radius 3 is 2.57 bits per heavy atom. The summed E-state index contributed by atoms with van der Waals surface area (Å²) in [7, 11) is -3.30. The van der Waals surface area contributed by atoms with E-state index in [2.05, 4.69) is 25.4 Å². The molecule has 0 amide bonds. The van der Waals surface area contributed by atoms with Crippen LogP contribution in [0, 0.1) is 0 Å². The van der Waals surface area contributed by atoms with Crippen molar-refractivity contribution in [3.63, 3.8) is 0 Å². The summed E-state index contributed by atoms with van der Waals surface area (Å²) in [6, 6.07) is 12.8. The molecule has 2 aromatic heterocycles. The third-order valence-corrected chi connectivity index (χ3v) is 5.84. The van der Waals surface area contributed by atoms with Gasteiger partial charge in [-0.15, -0.1) is 0 Å². The number of nitrogens with zero attached hydrogens (tertiary/aromatic N) is 4. The summed E-state index contributed by atoms with van der Waals surface area (Å²) < 4.78 is 29.0. The van der Waals surface area contributed by atoms with Crippen LogP contribution in [0.1, 0.15) is 18.3 Å². The van der Waals surface area contributed by atoms with Crippen molar-refractivity contribution < 1.29 is 12.9 Å². The number of aromatic nitrogens is 4. The molecule has 4 aromatic rings. The van der Waals surface area contributed by atoms with Crippen LogP contribution < -0.4 is 5.32 Å². The fraction of sp³-hybridized carbons (Fsp3) is 0.238. The van der Waals surface area contributed by atoms with Crippen LogP contribution in [-0.4, -0.2) is 41.3 Å².